The number of ether oxygens (including phenoxy) is 1. The molecule has 9 heteroatoms. The van der Waals surface area contributed by atoms with Crippen LogP contribution >= 0.6 is 11.6 Å². The van der Waals surface area contributed by atoms with E-state index in [9.17, 15) is 13.2 Å². The van der Waals surface area contributed by atoms with Gasteiger partial charge in [-0.1, -0.05) is 17.7 Å². The number of benzene rings is 2. The largest absolute Gasteiger partial charge is 0.484 e. The summed E-state index contributed by atoms with van der Waals surface area (Å²) in [6.07, 6.45) is 1.14. The molecular formula is C21H26ClN3O4S. The summed E-state index contributed by atoms with van der Waals surface area (Å²) in [5, 5.41) is 0.705. The Morgan fingerprint density at radius 1 is 1.10 bits per heavy atom. The summed E-state index contributed by atoms with van der Waals surface area (Å²) in [6, 6.07) is 12.4. The van der Waals surface area contributed by atoms with E-state index < -0.39 is 10.0 Å². The van der Waals surface area contributed by atoms with E-state index in [0.717, 1.165) is 30.6 Å². The molecule has 0 aliphatic carbocycles. The number of rotatable bonds is 6. The van der Waals surface area contributed by atoms with Gasteiger partial charge < -0.3 is 14.5 Å². The smallest absolute Gasteiger partial charge is 0.260 e. The van der Waals surface area contributed by atoms with Gasteiger partial charge in [-0.3, -0.25) is 9.10 Å². The predicted molar refractivity (Wildman–Crippen MR) is 120 cm³/mol. The minimum absolute atomic E-state index is 0.0581. The summed E-state index contributed by atoms with van der Waals surface area (Å²) in [6.45, 7) is 4.70. The minimum Gasteiger partial charge on any atom is -0.484 e. The molecule has 1 amide bonds. The summed E-state index contributed by atoms with van der Waals surface area (Å²) in [5.74, 6) is 0.442. The average Bonchev–Trinajstić information content (AvgIpc) is 2.73. The lowest BCUT2D eigenvalue weighted by Gasteiger charge is -2.36. The highest BCUT2D eigenvalue weighted by atomic mass is 35.5. The Morgan fingerprint density at radius 2 is 1.73 bits per heavy atom. The Hall–Kier alpha value is -2.45. The Morgan fingerprint density at radius 3 is 2.33 bits per heavy atom. The van der Waals surface area contributed by atoms with Gasteiger partial charge in [0, 0.05) is 43.9 Å². The normalized spacial score (nSPS) is 14.5. The molecule has 0 unspecified atom stereocenters. The van der Waals surface area contributed by atoms with Crippen LogP contribution in [0.3, 0.4) is 0 Å². The molecule has 2 aromatic carbocycles. The first-order valence-electron chi connectivity index (χ1n) is 9.61. The number of carbonyl (C=O) groups is 1. The van der Waals surface area contributed by atoms with Crippen LogP contribution in [-0.2, 0) is 14.8 Å². The molecule has 0 bridgehead atoms. The second-order valence-corrected chi connectivity index (χ2v) is 9.76. The van der Waals surface area contributed by atoms with Crippen LogP contribution < -0.4 is 13.9 Å². The maximum Gasteiger partial charge on any atom is 0.260 e. The van der Waals surface area contributed by atoms with Gasteiger partial charge in [-0.2, -0.15) is 0 Å². The van der Waals surface area contributed by atoms with Crippen LogP contribution in [0.5, 0.6) is 5.75 Å². The van der Waals surface area contributed by atoms with Crippen molar-refractivity contribution in [1.29, 1.82) is 0 Å². The fourth-order valence-corrected chi connectivity index (χ4v) is 3.97. The summed E-state index contributed by atoms with van der Waals surface area (Å²) in [5.41, 5.74) is 2.79. The van der Waals surface area contributed by atoms with Gasteiger partial charge in [0.05, 0.1) is 11.9 Å². The lowest BCUT2D eigenvalue weighted by Crippen LogP contribution is -2.50. The third kappa shape index (κ3) is 5.37. The lowest BCUT2D eigenvalue weighted by atomic mass is 10.1. The third-order valence-electron chi connectivity index (χ3n) is 5.20. The van der Waals surface area contributed by atoms with Gasteiger partial charge in [-0.25, -0.2) is 8.42 Å². The number of hydrogen-bond acceptors (Lipinski definition) is 5. The van der Waals surface area contributed by atoms with Crippen molar-refractivity contribution in [1.82, 2.24) is 4.90 Å². The molecule has 3 rings (SSSR count). The Bertz CT molecular complexity index is 1000. The van der Waals surface area contributed by atoms with E-state index in [1.807, 2.05) is 18.2 Å². The van der Waals surface area contributed by atoms with Crippen LogP contribution in [0.25, 0.3) is 0 Å². The quantitative estimate of drug-likeness (QED) is 0.675. The fraction of sp³-hybridized carbons (Fsp3) is 0.381. The molecule has 0 saturated carbocycles. The van der Waals surface area contributed by atoms with E-state index in [4.69, 9.17) is 16.3 Å². The topological polar surface area (TPSA) is 70.2 Å². The van der Waals surface area contributed by atoms with Crippen LogP contribution in [0.4, 0.5) is 11.4 Å². The van der Waals surface area contributed by atoms with Crippen molar-refractivity contribution in [2.24, 2.45) is 0 Å². The van der Waals surface area contributed by atoms with E-state index in [1.54, 1.807) is 29.2 Å². The Balaban J connectivity index is 1.51. The SMILES string of the molecule is Cc1ccc(Cl)cc1N1CCN(C(=O)COc2ccc(N(C)S(C)(=O)=O)cc2)CC1. The number of halogens is 1. The van der Waals surface area contributed by atoms with Crippen molar-refractivity contribution in [3.05, 3.63) is 53.1 Å². The van der Waals surface area contributed by atoms with Crippen molar-refractivity contribution in [2.45, 2.75) is 6.92 Å². The van der Waals surface area contributed by atoms with Gasteiger partial charge in [0.25, 0.3) is 5.91 Å². The molecule has 1 aliphatic rings. The predicted octanol–water partition coefficient (Wildman–Crippen LogP) is 2.77. The van der Waals surface area contributed by atoms with Crippen molar-refractivity contribution in [2.75, 3.05) is 55.3 Å². The maximum absolute atomic E-state index is 12.5. The highest BCUT2D eigenvalue weighted by Crippen LogP contribution is 2.25. The molecule has 1 fully saturated rings. The first kappa shape index (κ1) is 22.2. The second kappa shape index (κ2) is 9.14. The summed E-state index contributed by atoms with van der Waals surface area (Å²) < 4.78 is 30.0. The maximum atomic E-state index is 12.5. The third-order valence-corrected chi connectivity index (χ3v) is 6.65. The molecular weight excluding hydrogens is 426 g/mol. The monoisotopic (exact) mass is 451 g/mol. The summed E-state index contributed by atoms with van der Waals surface area (Å²) >= 11 is 6.12. The van der Waals surface area contributed by atoms with Crippen LogP contribution in [-0.4, -0.2) is 65.3 Å². The van der Waals surface area contributed by atoms with Crippen LogP contribution in [0.1, 0.15) is 5.56 Å². The van der Waals surface area contributed by atoms with E-state index in [0.29, 0.717) is 29.5 Å². The molecule has 1 aliphatic heterocycles. The van der Waals surface area contributed by atoms with Crippen molar-refractivity contribution in [3.63, 3.8) is 0 Å². The second-order valence-electron chi connectivity index (χ2n) is 7.31. The number of nitrogens with zero attached hydrogens (tertiary/aromatic N) is 3. The average molecular weight is 452 g/mol. The standard InChI is InChI=1S/C21H26ClN3O4S/c1-16-4-5-17(22)14-20(16)24-10-12-25(13-11-24)21(26)15-29-19-8-6-18(7-9-19)23(2)30(3,27)28/h4-9,14H,10-13,15H2,1-3H3. The molecule has 0 spiro atoms. The number of amides is 1. The van der Waals surface area contributed by atoms with E-state index in [1.165, 1.54) is 11.4 Å². The Kier molecular flexibility index (Phi) is 6.77. The zero-order valence-electron chi connectivity index (χ0n) is 17.3. The van der Waals surface area contributed by atoms with Crippen molar-refractivity contribution in [3.8, 4) is 5.75 Å². The number of aryl methyl sites for hydroxylation is 1. The number of anilines is 2. The Labute approximate surface area is 182 Å². The molecule has 2 aromatic rings. The molecule has 1 saturated heterocycles. The van der Waals surface area contributed by atoms with Crippen molar-refractivity contribution >= 4 is 38.9 Å². The zero-order chi connectivity index (χ0) is 21.9. The zero-order valence-corrected chi connectivity index (χ0v) is 18.9. The minimum atomic E-state index is -3.32. The summed E-state index contributed by atoms with van der Waals surface area (Å²) in [4.78, 5) is 16.5. The molecule has 30 heavy (non-hydrogen) atoms. The molecule has 0 aromatic heterocycles. The molecule has 1 heterocycles. The molecule has 0 radical (unpaired) electrons. The van der Waals surface area contributed by atoms with Gasteiger partial charge >= 0.3 is 0 Å². The first-order chi connectivity index (χ1) is 14.1. The van der Waals surface area contributed by atoms with Crippen LogP contribution in [0.15, 0.2) is 42.5 Å². The number of sulfonamides is 1. The van der Waals surface area contributed by atoms with E-state index >= 15 is 0 Å². The molecule has 0 N–H and O–H groups in total. The number of piperazine rings is 1. The summed E-state index contributed by atoms with van der Waals surface area (Å²) in [7, 11) is -1.83. The highest BCUT2D eigenvalue weighted by Gasteiger charge is 2.22. The van der Waals surface area contributed by atoms with Gasteiger partial charge in [0.2, 0.25) is 10.0 Å². The first-order valence-corrected chi connectivity index (χ1v) is 11.8. The van der Waals surface area contributed by atoms with E-state index in [-0.39, 0.29) is 12.5 Å². The van der Waals surface area contributed by atoms with Gasteiger partial charge in [-0.15, -0.1) is 0 Å². The van der Waals surface area contributed by atoms with Crippen molar-refractivity contribution < 1.29 is 17.9 Å². The highest BCUT2D eigenvalue weighted by molar-refractivity contribution is 7.92. The fourth-order valence-electron chi connectivity index (χ4n) is 3.30. The molecule has 7 nitrogen and oxygen atoms in total. The van der Waals surface area contributed by atoms with Gasteiger partial charge in [0.1, 0.15) is 5.75 Å². The van der Waals surface area contributed by atoms with Crippen LogP contribution in [0, 0.1) is 6.92 Å². The van der Waals surface area contributed by atoms with Crippen LogP contribution in [0.2, 0.25) is 5.02 Å². The number of hydrogen-bond donors (Lipinski definition) is 0. The lowest BCUT2D eigenvalue weighted by molar-refractivity contribution is -0.133. The van der Waals surface area contributed by atoms with Gasteiger partial charge in [0.15, 0.2) is 6.61 Å². The molecule has 0 atom stereocenters. The van der Waals surface area contributed by atoms with Gasteiger partial charge in [-0.05, 0) is 48.9 Å². The van der Waals surface area contributed by atoms with E-state index in [2.05, 4.69) is 11.8 Å². The molecule has 162 valence electrons. The number of carbonyl (C=O) groups excluding carboxylic acids is 1.